The summed E-state index contributed by atoms with van der Waals surface area (Å²) in [4.78, 5) is 26.7. The Hall–Kier alpha value is -1.40. The Morgan fingerprint density at radius 1 is 1.35 bits per heavy atom. The van der Waals surface area contributed by atoms with Crippen LogP contribution in [-0.2, 0) is 0 Å². The molecule has 0 aliphatic carbocycles. The lowest BCUT2D eigenvalue weighted by molar-refractivity contribution is 0.609. The molecule has 4 nitrogen and oxygen atoms in total. The van der Waals surface area contributed by atoms with Crippen LogP contribution in [0.1, 0.15) is 25.3 Å². The highest BCUT2D eigenvalue weighted by atomic mass is 79.9. The van der Waals surface area contributed by atoms with Gasteiger partial charge in [0.2, 0.25) is 0 Å². The molecule has 0 bridgehead atoms. The zero-order valence-electron chi connectivity index (χ0n) is 10.7. The van der Waals surface area contributed by atoms with Crippen LogP contribution in [0.25, 0.3) is 5.69 Å². The summed E-state index contributed by atoms with van der Waals surface area (Å²) in [6.45, 7) is 3.53. The topological polar surface area (TPSA) is 54.9 Å². The molecule has 0 atom stereocenters. The number of aromatic nitrogens is 2. The highest BCUT2D eigenvalue weighted by Crippen LogP contribution is 2.20. The zero-order chi connectivity index (χ0) is 15.0. The molecule has 7 heteroatoms. The van der Waals surface area contributed by atoms with Gasteiger partial charge in [0.1, 0.15) is 11.0 Å². The normalized spacial score (nSPS) is 11.1. The molecule has 1 aromatic carbocycles. The van der Waals surface area contributed by atoms with Crippen LogP contribution in [0.2, 0.25) is 5.15 Å². The Morgan fingerprint density at radius 2 is 2.00 bits per heavy atom. The van der Waals surface area contributed by atoms with Crippen molar-refractivity contribution in [3.63, 3.8) is 0 Å². The summed E-state index contributed by atoms with van der Waals surface area (Å²) in [6.07, 6.45) is 0. The number of benzene rings is 1. The molecular formula is C13H11BrClFN2O2. The third kappa shape index (κ3) is 2.58. The fraction of sp³-hybridized carbons (Fsp3) is 0.231. The SMILES string of the molecule is CC(C)c1c(Cl)[nH]c(=O)n(-c2ccc(Br)cc2F)c1=O. The number of halogens is 3. The summed E-state index contributed by atoms with van der Waals surface area (Å²) >= 11 is 9.00. The first-order valence-electron chi connectivity index (χ1n) is 5.83. The second-order valence-electron chi connectivity index (χ2n) is 4.55. The predicted molar refractivity (Wildman–Crippen MR) is 79.4 cm³/mol. The average molecular weight is 362 g/mol. The van der Waals surface area contributed by atoms with Gasteiger partial charge in [0, 0.05) is 4.47 Å². The van der Waals surface area contributed by atoms with E-state index in [1.54, 1.807) is 19.9 Å². The molecule has 1 heterocycles. The van der Waals surface area contributed by atoms with E-state index < -0.39 is 17.1 Å². The molecule has 0 unspecified atom stereocenters. The molecule has 106 valence electrons. The van der Waals surface area contributed by atoms with Gasteiger partial charge in [0.05, 0.1) is 11.3 Å². The molecule has 20 heavy (non-hydrogen) atoms. The Morgan fingerprint density at radius 3 is 2.55 bits per heavy atom. The Balaban J connectivity index is 2.85. The van der Waals surface area contributed by atoms with E-state index in [0.29, 0.717) is 4.47 Å². The molecule has 0 aliphatic heterocycles. The first-order valence-corrected chi connectivity index (χ1v) is 7.00. The van der Waals surface area contributed by atoms with E-state index >= 15 is 0 Å². The summed E-state index contributed by atoms with van der Waals surface area (Å²) in [5.74, 6) is -0.874. The maximum absolute atomic E-state index is 14.0. The molecule has 0 amide bonds. The molecule has 2 rings (SSSR count). The van der Waals surface area contributed by atoms with Crippen LogP contribution in [0.3, 0.4) is 0 Å². The minimum Gasteiger partial charge on any atom is -0.297 e. The second-order valence-corrected chi connectivity index (χ2v) is 5.84. The van der Waals surface area contributed by atoms with Crippen LogP contribution in [0.15, 0.2) is 32.3 Å². The van der Waals surface area contributed by atoms with Gasteiger partial charge < -0.3 is 0 Å². The van der Waals surface area contributed by atoms with Gasteiger partial charge in [0.15, 0.2) is 0 Å². The predicted octanol–water partition coefficient (Wildman–Crippen LogP) is 3.20. The minimum absolute atomic E-state index is 0.0104. The van der Waals surface area contributed by atoms with Crippen molar-refractivity contribution in [3.8, 4) is 5.69 Å². The van der Waals surface area contributed by atoms with Crippen molar-refractivity contribution >= 4 is 27.5 Å². The van der Waals surface area contributed by atoms with E-state index in [9.17, 15) is 14.0 Å². The fourth-order valence-electron chi connectivity index (χ4n) is 1.91. The van der Waals surface area contributed by atoms with Crippen molar-refractivity contribution in [2.45, 2.75) is 19.8 Å². The van der Waals surface area contributed by atoms with Gasteiger partial charge >= 0.3 is 5.69 Å². The molecule has 0 radical (unpaired) electrons. The molecule has 0 fully saturated rings. The molecule has 1 N–H and O–H groups in total. The third-order valence-corrected chi connectivity index (χ3v) is 3.61. The van der Waals surface area contributed by atoms with Crippen LogP contribution in [0, 0.1) is 5.82 Å². The Bertz CT molecular complexity index is 783. The number of nitrogens with zero attached hydrogens (tertiary/aromatic N) is 1. The number of nitrogens with one attached hydrogen (secondary N) is 1. The maximum Gasteiger partial charge on any atom is 0.334 e. The Kier molecular flexibility index (Phi) is 4.15. The number of hydrogen-bond acceptors (Lipinski definition) is 2. The van der Waals surface area contributed by atoms with Gasteiger partial charge in [-0.1, -0.05) is 41.4 Å². The van der Waals surface area contributed by atoms with E-state index in [-0.39, 0.29) is 22.3 Å². The van der Waals surface area contributed by atoms with E-state index in [1.165, 1.54) is 12.1 Å². The van der Waals surface area contributed by atoms with Gasteiger partial charge in [-0.2, -0.15) is 0 Å². The van der Waals surface area contributed by atoms with Crippen molar-refractivity contribution in [1.29, 1.82) is 0 Å². The van der Waals surface area contributed by atoms with Crippen LogP contribution in [-0.4, -0.2) is 9.55 Å². The van der Waals surface area contributed by atoms with Crippen molar-refractivity contribution < 1.29 is 4.39 Å². The minimum atomic E-state index is -0.773. The van der Waals surface area contributed by atoms with Gasteiger partial charge in [-0.3, -0.25) is 9.78 Å². The highest BCUT2D eigenvalue weighted by Gasteiger charge is 2.18. The summed E-state index contributed by atoms with van der Waals surface area (Å²) in [6, 6.07) is 4.09. The van der Waals surface area contributed by atoms with Crippen LogP contribution in [0.4, 0.5) is 4.39 Å². The molecule has 2 aromatic rings. The monoisotopic (exact) mass is 360 g/mol. The van der Waals surface area contributed by atoms with E-state index in [2.05, 4.69) is 20.9 Å². The standard InChI is InChI=1S/C13H11BrClFN2O2/c1-6(2)10-11(15)17-13(20)18(12(10)19)9-4-3-7(14)5-8(9)16/h3-6H,1-2H3,(H,17,20). The van der Waals surface area contributed by atoms with Gasteiger partial charge in [0.25, 0.3) is 5.56 Å². The van der Waals surface area contributed by atoms with E-state index in [0.717, 1.165) is 4.57 Å². The Labute approximate surface area is 127 Å². The van der Waals surface area contributed by atoms with Crippen molar-refractivity contribution in [3.05, 3.63) is 60.0 Å². The van der Waals surface area contributed by atoms with Gasteiger partial charge in [-0.05, 0) is 24.1 Å². The first kappa shape index (κ1) is 15.0. The molecule has 1 aromatic heterocycles. The maximum atomic E-state index is 14.0. The van der Waals surface area contributed by atoms with Crippen LogP contribution >= 0.6 is 27.5 Å². The smallest absolute Gasteiger partial charge is 0.297 e. The number of H-pyrrole nitrogens is 1. The highest BCUT2D eigenvalue weighted by molar-refractivity contribution is 9.10. The quantitative estimate of drug-likeness (QED) is 0.835. The molecule has 0 saturated carbocycles. The summed E-state index contributed by atoms with van der Waals surface area (Å²) in [7, 11) is 0. The summed E-state index contributed by atoms with van der Waals surface area (Å²) in [5.41, 5.74) is -1.26. The van der Waals surface area contributed by atoms with E-state index in [1.807, 2.05) is 0 Å². The molecule has 0 spiro atoms. The number of aromatic amines is 1. The van der Waals surface area contributed by atoms with E-state index in [4.69, 9.17) is 11.6 Å². The lowest BCUT2D eigenvalue weighted by Gasteiger charge is -2.11. The number of hydrogen-bond donors (Lipinski definition) is 1. The van der Waals surface area contributed by atoms with Gasteiger partial charge in [-0.15, -0.1) is 0 Å². The molecule has 0 saturated heterocycles. The van der Waals surface area contributed by atoms with Crippen molar-refractivity contribution in [1.82, 2.24) is 9.55 Å². The first-order chi connectivity index (χ1) is 9.32. The van der Waals surface area contributed by atoms with Crippen LogP contribution in [0.5, 0.6) is 0 Å². The molecule has 0 aliphatic rings. The third-order valence-electron chi connectivity index (χ3n) is 2.82. The largest absolute Gasteiger partial charge is 0.334 e. The fourth-order valence-corrected chi connectivity index (χ4v) is 2.62. The summed E-state index contributed by atoms with van der Waals surface area (Å²) in [5, 5.41) is -0.0104. The lowest BCUT2D eigenvalue weighted by atomic mass is 10.1. The average Bonchev–Trinajstić information content (AvgIpc) is 2.30. The lowest BCUT2D eigenvalue weighted by Crippen LogP contribution is -2.37. The number of rotatable bonds is 2. The zero-order valence-corrected chi connectivity index (χ0v) is 13.0. The van der Waals surface area contributed by atoms with Crippen molar-refractivity contribution in [2.75, 3.05) is 0 Å². The summed E-state index contributed by atoms with van der Waals surface area (Å²) < 4.78 is 15.2. The van der Waals surface area contributed by atoms with Crippen molar-refractivity contribution in [2.24, 2.45) is 0 Å². The van der Waals surface area contributed by atoms with Gasteiger partial charge in [-0.25, -0.2) is 13.8 Å². The second kappa shape index (κ2) is 5.54. The van der Waals surface area contributed by atoms with Crippen LogP contribution < -0.4 is 11.2 Å². The molecular weight excluding hydrogens is 351 g/mol.